The molecule has 23 heavy (non-hydrogen) atoms. The van der Waals surface area contributed by atoms with Gasteiger partial charge < -0.3 is 10.4 Å². The zero-order valence-electron chi connectivity index (χ0n) is 13.4. The largest absolute Gasteiger partial charge is 0.507 e. The van der Waals surface area contributed by atoms with E-state index >= 15 is 0 Å². The summed E-state index contributed by atoms with van der Waals surface area (Å²) in [5, 5.41) is 12.5. The molecule has 0 aliphatic rings. The molecule has 0 aliphatic heterocycles. The number of rotatable bonds is 4. The fraction of sp³-hybridized carbons (Fsp3) is 0.158. The first-order valence-corrected chi connectivity index (χ1v) is 7.27. The maximum Gasteiger partial charge on any atom is 0.296 e. The predicted octanol–water partition coefficient (Wildman–Crippen LogP) is 3.72. The highest BCUT2D eigenvalue weighted by atomic mass is 16.3. The van der Waals surface area contributed by atoms with E-state index in [0.29, 0.717) is 11.3 Å². The van der Waals surface area contributed by atoms with Crippen molar-refractivity contribution >= 4 is 23.1 Å². The zero-order chi connectivity index (χ0) is 17.0. The lowest BCUT2D eigenvalue weighted by atomic mass is 10.0. The highest BCUT2D eigenvalue weighted by Gasteiger charge is 2.15. The van der Waals surface area contributed by atoms with Crippen molar-refractivity contribution < 1.29 is 14.7 Å². The van der Waals surface area contributed by atoms with Crippen LogP contribution < -0.4 is 5.32 Å². The summed E-state index contributed by atoms with van der Waals surface area (Å²) in [5.41, 5.74) is 3.98. The average Bonchev–Trinajstić information content (AvgIpc) is 2.51. The fourth-order valence-corrected chi connectivity index (χ4v) is 2.43. The Bertz CT molecular complexity index is 753. The Morgan fingerprint density at radius 1 is 1.00 bits per heavy atom. The number of carbonyl (C=O) groups excluding carboxylic acids is 2. The van der Waals surface area contributed by atoms with Gasteiger partial charge in [0.15, 0.2) is 0 Å². The molecule has 1 amide bonds. The van der Waals surface area contributed by atoms with Gasteiger partial charge in [0.2, 0.25) is 5.78 Å². The fourth-order valence-electron chi connectivity index (χ4n) is 2.43. The summed E-state index contributed by atoms with van der Waals surface area (Å²) < 4.78 is 0. The van der Waals surface area contributed by atoms with Crippen LogP contribution in [0.25, 0.3) is 5.76 Å². The molecular formula is C19H19NO3. The van der Waals surface area contributed by atoms with Gasteiger partial charge in [-0.2, -0.15) is 0 Å². The van der Waals surface area contributed by atoms with Crippen LogP contribution in [-0.4, -0.2) is 16.8 Å². The van der Waals surface area contributed by atoms with Crippen molar-refractivity contribution in [1.29, 1.82) is 0 Å². The molecule has 0 radical (unpaired) electrons. The molecule has 2 aromatic rings. The molecule has 0 atom stereocenters. The lowest BCUT2D eigenvalue weighted by Gasteiger charge is -2.11. The summed E-state index contributed by atoms with van der Waals surface area (Å²) in [4.78, 5) is 24.0. The van der Waals surface area contributed by atoms with E-state index in [9.17, 15) is 14.7 Å². The highest BCUT2D eigenvalue weighted by Crippen LogP contribution is 2.22. The molecule has 0 heterocycles. The van der Waals surface area contributed by atoms with Crippen molar-refractivity contribution in [3.8, 4) is 0 Å². The second-order valence-corrected chi connectivity index (χ2v) is 5.49. The van der Waals surface area contributed by atoms with E-state index in [1.54, 1.807) is 30.3 Å². The number of aliphatic hydroxyl groups excluding tert-OH is 1. The van der Waals surface area contributed by atoms with Gasteiger partial charge in [-0.3, -0.25) is 9.59 Å². The normalized spacial score (nSPS) is 11.2. The second-order valence-electron chi connectivity index (χ2n) is 5.49. The monoisotopic (exact) mass is 309 g/mol. The van der Waals surface area contributed by atoms with Crippen molar-refractivity contribution in [2.24, 2.45) is 0 Å². The van der Waals surface area contributed by atoms with Crippen LogP contribution in [0.1, 0.15) is 22.3 Å². The molecule has 0 unspecified atom stereocenters. The van der Waals surface area contributed by atoms with Crippen molar-refractivity contribution in [3.05, 3.63) is 70.8 Å². The van der Waals surface area contributed by atoms with Crippen LogP contribution in [0.4, 0.5) is 5.69 Å². The third-order valence-corrected chi connectivity index (χ3v) is 3.48. The summed E-state index contributed by atoms with van der Waals surface area (Å²) in [6.45, 7) is 5.71. The smallest absolute Gasteiger partial charge is 0.296 e. The predicted molar refractivity (Wildman–Crippen MR) is 91.3 cm³/mol. The lowest BCUT2D eigenvalue weighted by Crippen LogP contribution is -2.22. The minimum absolute atomic E-state index is 0.233. The summed E-state index contributed by atoms with van der Waals surface area (Å²) in [6, 6.07) is 12.5. The van der Waals surface area contributed by atoms with E-state index in [4.69, 9.17) is 0 Å². The average molecular weight is 309 g/mol. The number of ketones is 1. The molecule has 2 aromatic carbocycles. The van der Waals surface area contributed by atoms with Gasteiger partial charge in [0.1, 0.15) is 5.76 Å². The number of carbonyl (C=O) groups is 2. The van der Waals surface area contributed by atoms with Gasteiger partial charge in [0.25, 0.3) is 5.91 Å². The first-order chi connectivity index (χ1) is 10.9. The van der Waals surface area contributed by atoms with Gasteiger partial charge >= 0.3 is 0 Å². The summed E-state index contributed by atoms with van der Waals surface area (Å²) >= 11 is 0. The Morgan fingerprint density at radius 2 is 1.57 bits per heavy atom. The molecule has 4 nitrogen and oxygen atoms in total. The van der Waals surface area contributed by atoms with Gasteiger partial charge in [0.05, 0.1) is 0 Å². The Morgan fingerprint density at radius 3 is 2.13 bits per heavy atom. The van der Waals surface area contributed by atoms with Gasteiger partial charge in [-0.05, 0) is 31.9 Å². The molecule has 2 N–H and O–H groups in total. The topological polar surface area (TPSA) is 66.4 Å². The quantitative estimate of drug-likeness (QED) is 0.514. The molecule has 0 bridgehead atoms. The van der Waals surface area contributed by atoms with Crippen LogP contribution in [-0.2, 0) is 9.59 Å². The number of nitrogens with one attached hydrogen (secondary N) is 1. The first-order valence-electron chi connectivity index (χ1n) is 7.27. The zero-order valence-corrected chi connectivity index (χ0v) is 13.4. The van der Waals surface area contributed by atoms with Gasteiger partial charge in [-0.1, -0.05) is 48.0 Å². The van der Waals surface area contributed by atoms with Gasteiger partial charge in [0, 0.05) is 17.3 Å². The standard InChI is InChI=1S/C19H19NO3/c1-12-9-13(2)18(14(3)10-12)20-19(23)17(22)11-16(21)15-7-5-4-6-8-15/h4-11,21H,1-3H3,(H,20,23). The summed E-state index contributed by atoms with van der Waals surface area (Å²) in [7, 11) is 0. The van der Waals surface area contributed by atoms with E-state index in [1.807, 2.05) is 32.9 Å². The molecule has 0 fully saturated rings. The van der Waals surface area contributed by atoms with E-state index in [-0.39, 0.29) is 5.76 Å². The molecule has 0 aliphatic carbocycles. The molecule has 0 aromatic heterocycles. The maximum absolute atomic E-state index is 12.1. The molecule has 118 valence electrons. The Labute approximate surface area is 135 Å². The van der Waals surface area contributed by atoms with Crippen LogP contribution >= 0.6 is 0 Å². The number of aryl methyl sites for hydroxylation is 3. The summed E-state index contributed by atoms with van der Waals surface area (Å²) in [5.74, 6) is -1.81. The Kier molecular flexibility index (Phi) is 4.96. The van der Waals surface area contributed by atoms with Crippen molar-refractivity contribution in [2.75, 3.05) is 5.32 Å². The molecular weight excluding hydrogens is 290 g/mol. The van der Waals surface area contributed by atoms with Gasteiger partial charge in [-0.15, -0.1) is 0 Å². The number of hydrogen-bond donors (Lipinski definition) is 2. The van der Waals surface area contributed by atoms with E-state index in [0.717, 1.165) is 22.8 Å². The van der Waals surface area contributed by atoms with Crippen LogP contribution in [0.5, 0.6) is 0 Å². The van der Waals surface area contributed by atoms with Crippen LogP contribution in [0, 0.1) is 20.8 Å². The molecule has 4 heteroatoms. The number of anilines is 1. The number of amides is 1. The highest BCUT2D eigenvalue weighted by molar-refractivity contribution is 6.45. The summed E-state index contributed by atoms with van der Waals surface area (Å²) in [6.07, 6.45) is 0.934. The van der Waals surface area contributed by atoms with Crippen molar-refractivity contribution in [2.45, 2.75) is 20.8 Å². The molecule has 0 spiro atoms. The van der Waals surface area contributed by atoms with Crippen LogP contribution in [0.3, 0.4) is 0 Å². The Balaban J connectivity index is 2.17. The number of hydrogen-bond acceptors (Lipinski definition) is 3. The first kappa shape index (κ1) is 16.5. The van der Waals surface area contributed by atoms with E-state index in [2.05, 4.69) is 5.32 Å². The number of aliphatic hydroxyl groups is 1. The van der Waals surface area contributed by atoms with Crippen LogP contribution in [0.15, 0.2) is 48.5 Å². The second kappa shape index (κ2) is 6.92. The van der Waals surface area contributed by atoms with E-state index < -0.39 is 11.7 Å². The molecule has 0 saturated carbocycles. The minimum atomic E-state index is -0.800. The van der Waals surface area contributed by atoms with Crippen molar-refractivity contribution in [1.82, 2.24) is 0 Å². The molecule has 0 saturated heterocycles. The Hall–Kier alpha value is -2.88. The van der Waals surface area contributed by atoms with Gasteiger partial charge in [-0.25, -0.2) is 0 Å². The van der Waals surface area contributed by atoms with Crippen molar-refractivity contribution in [3.63, 3.8) is 0 Å². The van der Waals surface area contributed by atoms with Crippen LogP contribution in [0.2, 0.25) is 0 Å². The SMILES string of the molecule is Cc1cc(C)c(NC(=O)C(=O)C=C(O)c2ccccc2)c(C)c1. The number of benzene rings is 2. The molecule has 2 rings (SSSR count). The third kappa shape index (κ3) is 4.07. The van der Waals surface area contributed by atoms with E-state index in [1.165, 1.54) is 0 Å². The minimum Gasteiger partial charge on any atom is -0.507 e. The lowest BCUT2D eigenvalue weighted by molar-refractivity contribution is -0.132. The third-order valence-electron chi connectivity index (χ3n) is 3.48. The maximum atomic E-state index is 12.1.